The Morgan fingerprint density at radius 2 is 0.493 bits per heavy atom. The molecule has 396 valence electrons. The molecule has 0 N–H and O–H groups in total. The minimum atomic E-state index is -0.764. The fourth-order valence-corrected chi connectivity index (χ4v) is 9.21. The molecule has 0 aliphatic carbocycles. The molecule has 0 fully saturated rings. The SMILES string of the molecule is CCCCCCCCCC/C=C\CCCCCCCCCCCC(=O)OC(COC(=O)CCCCCCC)COC(=O)CCCCCCCCCCCCCCCCCCCCCCCCC. The third-order valence-corrected chi connectivity index (χ3v) is 13.8. The van der Waals surface area contributed by atoms with E-state index in [-0.39, 0.29) is 31.1 Å². The van der Waals surface area contributed by atoms with E-state index in [2.05, 4.69) is 32.9 Å². The fourth-order valence-electron chi connectivity index (χ4n) is 9.21. The van der Waals surface area contributed by atoms with Crippen LogP contribution in [0.4, 0.5) is 0 Å². The number of hydrogen-bond donors (Lipinski definition) is 0. The molecule has 6 heteroatoms. The topological polar surface area (TPSA) is 78.9 Å². The lowest BCUT2D eigenvalue weighted by Crippen LogP contribution is -2.30. The van der Waals surface area contributed by atoms with Gasteiger partial charge in [0.05, 0.1) is 0 Å². The number of unbranched alkanes of at least 4 members (excludes halogenated alkanes) is 43. The Morgan fingerprint density at radius 1 is 0.284 bits per heavy atom. The quantitative estimate of drug-likeness (QED) is 0.0262. The van der Waals surface area contributed by atoms with Crippen molar-refractivity contribution in [2.24, 2.45) is 0 Å². The largest absolute Gasteiger partial charge is 0.462 e. The van der Waals surface area contributed by atoms with Crippen LogP contribution in [0.2, 0.25) is 0 Å². The van der Waals surface area contributed by atoms with E-state index in [0.717, 1.165) is 64.2 Å². The van der Waals surface area contributed by atoms with Crippen LogP contribution in [0.1, 0.15) is 342 Å². The molecular weight excluding hydrogens is 829 g/mol. The van der Waals surface area contributed by atoms with Gasteiger partial charge < -0.3 is 14.2 Å². The van der Waals surface area contributed by atoms with Gasteiger partial charge in [0.25, 0.3) is 0 Å². The minimum Gasteiger partial charge on any atom is -0.462 e. The highest BCUT2D eigenvalue weighted by atomic mass is 16.6. The molecule has 0 rings (SSSR count). The number of hydrogen-bond acceptors (Lipinski definition) is 6. The lowest BCUT2D eigenvalue weighted by Gasteiger charge is -2.18. The molecule has 0 heterocycles. The van der Waals surface area contributed by atoms with Crippen LogP contribution < -0.4 is 0 Å². The maximum atomic E-state index is 12.8. The van der Waals surface area contributed by atoms with Gasteiger partial charge in [0.2, 0.25) is 0 Å². The third kappa shape index (κ3) is 55.0. The zero-order valence-corrected chi connectivity index (χ0v) is 45.5. The van der Waals surface area contributed by atoms with E-state index in [1.54, 1.807) is 0 Å². The maximum Gasteiger partial charge on any atom is 0.306 e. The van der Waals surface area contributed by atoms with Crippen molar-refractivity contribution in [1.82, 2.24) is 0 Å². The maximum absolute atomic E-state index is 12.8. The Labute approximate surface area is 418 Å². The Bertz CT molecular complexity index is 1040. The van der Waals surface area contributed by atoms with Crippen LogP contribution in [-0.4, -0.2) is 37.2 Å². The predicted molar refractivity (Wildman–Crippen MR) is 289 cm³/mol. The Hall–Kier alpha value is -1.85. The van der Waals surface area contributed by atoms with E-state index in [1.807, 2.05) is 0 Å². The molecule has 6 nitrogen and oxygen atoms in total. The summed E-state index contributed by atoms with van der Waals surface area (Å²) < 4.78 is 16.8. The van der Waals surface area contributed by atoms with Crippen LogP contribution in [0.3, 0.4) is 0 Å². The van der Waals surface area contributed by atoms with Gasteiger partial charge in [-0.1, -0.05) is 290 Å². The van der Waals surface area contributed by atoms with Crippen molar-refractivity contribution in [2.45, 2.75) is 348 Å². The van der Waals surface area contributed by atoms with E-state index in [4.69, 9.17) is 14.2 Å². The van der Waals surface area contributed by atoms with Crippen molar-refractivity contribution < 1.29 is 28.6 Å². The second-order valence-electron chi connectivity index (χ2n) is 20.6. The summed E-state index contributed by atoms with van der Waals surface area (Å²) in [6, 6.07) is 0. The van der Waals surface area contributed by atoms with Crippen molar-refractivity contribution in [3.05, 3.63) is 12.2 Å². The first kappa shape index (κ1) is 65.1. The van der Waals surface area contributed by atoms with Crippen LogP contribution in [0, 0.1) is 0 Å². The first-order valence-electron chi connectivity index (χ1n) is 30.2. The highest BCUT2D eigenvalue weighted by Crippen LogP contribution is 2.18. The van der Waals surface area contributed by atoms with Gasteiger partial charge in [-0.3, -0.25) is 14.4 Å². The van der Waals surface area contributed by atoms with Gasteiger partial charge in [0.15, 0.2) is 6.10 Å². The lowest BCUT2D eigenvalue weighted by atomic mass is 10.0. The molecule has 0 bridgehead atoms. The summed E-state index contributed by atoms with van der Waals surface area (Å²) >= 11 is 0. The molecule has 0 aliphatic heterocycles. The van der Waals surface area contributed by atoms with Gasteiger partial charge >= 0.3 is 17.9 Å². The summed E-state index contributed by atoms with van der Waals surface area (Å²) in [6.07, 6.45) is 65.5. The number of allylic oxidation sites excluding steroid dienone is 2. The second kappa shape index (κ2) is 56.7. The zero-order valence-electron chi connectivity index (χ0n) is 45.5. The van der Waals surface area contributed by atoms with Gasteiger partial charge in [-0.2, -0.15) is 0 Å². The molecule has 1 atom stereocenters. The summed E-state index contributed by atoms with van der Waals surface area (Å²) in [6.45, 7) is 6.62. The Balaban J connectivity index is 4.01. The normalized spacial score (nSPS) is 12.0. The monoisotopic (exact) mass is 945 g/mol. The summed E-state index contributed by atoms with van der Waals surface area (Å²) in [4.78, 5) is 37.8. The zero-order chi connectivity index (χ0) is 48.6. The van der Waals surface area contributed by atoms with Gasteiger partial charge in [-0.05, 0) is 44.9 Å². The van der Waals surface area contributed by atoms with Crippen molar-refractivity contribution in [3.8, 4) is 0 Å². The van der Waals surface area contributed by atoms with Crippen LogP contribution in [0.5, 0.6) is 0 Å². The van der Waals surface area contributed by atoms with Crippen molar-refractivity contribution in [2.75, 3.05) is 13.2 Å². The second-order valence-corrected chi connectivity index (χ2v) is 20.6. The van der Waals surface area contributed by atoms with Gasteiger partial charge in [0, 0.05) is 19.3 Å². The highest BCUT2D eigenvalue weighted by molar-refractivity contribution is 5.71. The Kier molecular flexibility index (Phi) is 55.2. The molecule has 0 radical (unpaired) electrons. The van der Waals surface area contributed by atoms with Crippen LogP contribution in [0.15, 0.2) is 12.2 Å². The van der Waals surface area contributed by atoms with E-state index in [0.29, 0.717) is 19.3 Å². The number of rotatable bonds is 56. The highest BCUT2D eigenvalue weighted by Gasteiger charge is 2.19. The van der Waals surface area contributed by atoms with Crippen LogP contribution in [0.25, 0.3) is 0 Å². The molecule has 67 heavy (non-hydrogen) atoms. The van der Waals surface area contributed by atoms with Crippen molar-refractivity contribution >= 4 is 17.9 Å². The number of esters is 3. The summed E-state index contributed by atoms with van der Waals surface area (Å²) in [5, 5.41) is 0. The molecule has 0 spiro atoms. The van der Waals surface area contributed by atoms with Crippen molar-refractivity contribution in [3.63, 3.8) is 0 Å². The Morgan fingerprint density at radius 3 is 0.746 bits per heavy atom. The minimum absolute atomic E-state index is 0.0662. The van der Waals surface area contributed by atoms with E-state index >= 15 is 0 Å². The summed E-state index contributed by atoms with van der Waals surface area (Å²) in [5.74, 6) is -0.860. The van der Waals surface area contributed by atoms with Gasteiger partial charge in [-0.25, -0.2) is 0 Å². The fraction of sp³-hybridized carbons (Fsp3) is 0.918. The molecule has 1 unspecified atom stereocenters. The molecule has 0 aliphatic rings. The molecule has 0 saturated heterocycles. The molecular formula is C61H116O6. The average Bonchev–Trinajstić information content (AvgIpc) is 3.33. The van der Waals surface area contributed by atoms with E-state index < -0.39 is 6.10 Å². The smallest absolute Gasteiger partial charge is 0.306 e. The summed E-state index contributed by atoms with van der Waals surface area (Å²) in [5.41, 5.74) is 0. The van der Waals surface area contributed by atoms with Crippen LogP contribution in [-0.2, 0) is 28.6 Å². The molecule has 0 aromatic carbocycles. The number of carbonyl (C=O) groups is 3. The first-order valence-corrected chi connectivity index (χ1v) is 30.2. The van der Waals surface area contributed by atoms with E-state index in [9.17, 15) is 14.4 Å². The average molecular weight is 946 g/mol. The van der Waals surface area contributed by atoms with Crippen molar-refractivity contribution in [1.29, 1.82) is 0 Å². The van der Waals surface area contributed by atoms with Gasteiger partial charge in [0.1, 0.15) is 13.2 Å². The predicted octanol–water partition coefficient (Wildman–Crippen LogP) is 20.1. The number of carbonyl (C=O) groups excluding carboxylic acids is 3. The lowest BCUT2D eigenvalue weighted by molar-refractivity contribution is -0.167. The van der Waals surface area contributed by atoms with Crippen LogP contribution >= 0.6 is 0 Å². The standard InChI is InChI=1S/C61H116O6/c1-4-7-10-13-15-17-19-21-23-25-27-29-30-32-33-35-37-39-41-43-45-48-51-54-60(63)66-57-58(56-65-59(62)53-50-47-12-9-6-3)67-61(64)55-52-49-46-44-42-40-38-36-34-31-28-26-24-22-20-18-16-14-11-8-5-2/h26,28,58H,4-25,27,29-57H2,1-3H3/b28-26-. The van der Waals surface area contributed by atoms with E-state index in [1.165, 1.54) is 238 Å². The van der Waals surface area contributed by atoms with Gasteiger partial charge in [-0.15, -0.1) is 0 Å². The molecule has 0 aromatic rings. The number of ether oxygens (including phenoxy) is 3. The molecule has 0 saturated carbocycles. The third-order valence-electron chi connectivity index (χ3n) is 13.8. The summed E-state index contributed by atoms with van der Waals surface area (Å²) in [7, 11) is 0. The molecule has 0 amide bonds. The first-order chi connectivity index (χ1) is 33.0. The molecule has 0 aromatic heterocycles.